The Morgan fingerprint density at radius 1 is 1.50 bits per heavy atom. The summed E-state index contributed by atoms with van der Waals surface area (Å²) in [6, 6.07) is 1.73. The molecule has 0 saturated heterocycles. The SMILES string of the molecule is CN(C)CCn1ncc(Cl)c1C(N)c1cc(Br)c(Br)s1. The predicted octanol–water partition coefficient (Wildman–Crippen LogP) is 3.73. The summed E-state index contributed by atoms with van der Waals surface area (Å²) in [5.74, 6) is 0. The van der Waals surface area contributed by atoms with Crippen LogP contribution in [0.15, 0.2) is 20.5 Å². The quantitative estimate of drug-likeness (QED) is 0.768. The molecule has 0 saturated carbocycles. The fourth-order valence-electron chi connectivity index (χ4n) is 1.81. The van der Waals surface area contributed by atoms with Crippen LogP contribution >= 0.6 is 54.8 Å². The molecule has 1 unspecified atom stereocenters. The lowest BCUT2D eigenvalue weighted by Crippen LogP contribution is -2.23. The van der Waals surface area contributed by atoms with Crippen molar-refractivity contribution in [2.75, 3.05) is 20.6 Å². The van der Waals surface area contributed by atoms with Gasteiger partial charge in [-0.05, 0) is 52.0 Å². The fraction of sp³-hybridized carbons (Fsp3) is 0.417. The molecule has 20 heavy (non-hydrogen) atoms. The number of halogens is 3. The molecule has 1 atom stereocenters. The zero-order valence-corrected chi connectivity index (χ0v) is 15.9. The summed E-state index contributed by atoms with van der Waals surface area (Å²) in [6.45, 7) is 1.64. The van der Waals surface area contributed by atoms with Gasteiger partial charge in [-0.15, -0.1) is 11.3 Å². The Balaban J connectivity index is 2.29. The second kappa shape index (κ2) is 6.89. The Morgan fingerprint density at radius 3 is 2.75 bits per heavy atom. The largest absolute Gasteiger partial charge is 0.318 e. The summed E-state index contributed by atoms with van der Waals surface area (Å²) in [7, 11) is 4.05. The maximum Gasteiger partial charge on any atom is 0.0843 e. The van der Waals surface area contributed by atoms with Gasteiger partial charge in [0.1, 0.15) is 0 Å². The van der Waals surface area contributed by atoms with E-state index in [1.54, 1.807) is 17.5 Å². The third-order valence-electron chi connectivity index (χ3n) is 2.86. The van der Waals surface area contributed by atoms with Crippen LogP contribution in [0.5, 0.6) is 0 Å². The van der Waals surface area contributed by atoms with Gasteiger partial charge < -0.3 is 10.6 Å². The molecule has 0 aliphatic rings. The number of nitrogens with two attached hydrogens (primary N) is 1. The lowest BCUT2D eigenvalue weighted by Gasteiger charge is -2.15. The van der Waals surface area contributed by atoms with E-state index in [4.69, 9.17) is 17.3 Å². The van der Waals surface area contributed by atoms with Crippen molar-refractivity contribution < 1.29 is 0 Å². The molecule has 110 valence electrons. The molecule has 2 N–H and O–H groups in total. The molecule has 0 amide bonds. The van der Waals surface area contributed by atoms with Crippen LogP contribution in [-0.2, 0) is 6.54 Å². The molecule has 0 aromatic carbocycles. The van der Waals surface area contributed by atoms with Crippen LogP contribution < -0.4 is 5.73 Å². The number of rotatable bonds is 5. The monoisotopic (exact) mass is 440 g/mol. The summed E-state index contributed by atoms with van der Waals surface area (Å²) in [5.41, 5.74) is 7.22. The van der Waals surface area contributed by atoms with Crippen molar-refractivity contribution >= 4 is 54.8 Å². The molecule has 2 aromatic rings. The molecular formula is C12H15Br2ClN4S. The van der Waals surface area contributed by atoms with E-state index in [2.05, 4.69) is 41.9 Å². The van der Waals surface area contributed by atoms with Gasteiger partial charge in [0, 0.05) is 15.9 Å². The van der Waals surface area contributed by atoms with Gasteiger partial charge in [0.25, 0.3) is 0 Å². The van der Waals surface area contributed by atoms with Gasteiger partial charge >= 0.3 is 0 Å². The van der Waals surface area contributed by atoms with Crippen LogP contribution in [-0.4, -0.2) is 35.3 Å². The van der Waals surface area contributed by atoms with E-state index in [-0.39, 0.29) is 6.04 Å². The number of hydrogen-bond donors (Lipinski definition) is 1. The van der Waals surface area contributed by atoms with Crippen molar-refractivity contribution in [3.63, 3.8) is 0 Å². The molecule has 2 aromatic heterocycles. The molecular weight excluding hydrogens is 427 g/mol. The average molecular weight is 443 g/mol. The normalized spacial score (nSPS) is 13.2. The number of nitrogens with zero attached hydrogens (tertiary/aromatic N) is 3. The highest BCUT2D eigenvalue weighted by molar-refractivity contribution is 9.13. The van der Waals surface area contributed by atoms with Gasteiger partial charge in [0.15, 0.2) is 0 Å². The Hall–Kier alpha value is 0.0800. The van der Waals surface area contributed by atoms with Crippen LogP contribution in [0.1, 0.15) is 16.6 Å². The minimum absolute atomic E-state index is 0.278. The van der Waals surface area contributed by atoms with Crippen molar-refractivity contribution in [2.24, 2.45) is 5.73 Å². The van der Waals surface area contributed by atoms with E-state index in [9.17, 15) is 0 Å². The molecule has 0 aliphatic carbocycles. The van der Waals surface area contributed by atoms with E-state index in [0.717, 1.165) is 31.9 Å². The molecule has 8 heteroatoms. The number of likely N-dealkylation sites (N-methyl/N-ethyl adjacent to an activating group) is 1. The maximum absolute atomic E-state index is 6.36. The third kappa shape index (κ3) is 3.64. The van der Waals surface area contributed by atoms with Gasteiger partial charge in [0.2, 0.25) is 0 Å². The first-order chi connectivity index (χ1) is 9.40. The topological polar surface area (TPSA) is 47.1 Å². The maximum atomic E-state index is 6.36. The lowest BCUT2D eigenvalue weighted by molar-refractivity contribution is 0.368. The first-order valence-electron chi connectivity index (χ1n) is 5.96. The van der Waals surface area contributed by atoms with Gasteiger partial charge in [-0.25, -0.2) is 0 Å². The molecule has 2 rings (SSSR count). The van der Waals surface area contributed by atoms with Crippen LogP contribution in [0.2, 0.25) is 5.02 Å². The number of aromatic nitrogens is 2. The van der Waals surface area contributed by atoms with Crippen molar-refractivity contribution in [3.05, 3.63) is 36.1 Å². The number of hydrogen-bond acceptors (Lipinski definition) is 4. The van der Waals surface area contributed by atoms with E-state index in [0.29, 0.717) is 5.02 Å². The fourth-order valence-corrected chi connectivity index (χ4v) is 4.16. The zero-order valence-electron chi connectivity index (χ0n) is 11.1. The third-order valence-corrected chi connectivity index (χ3v) is 6.49. The van der Waals surface area contributed by atoms with Crippen molar-refractivity contribution in [2.45, 2.75) is 12.6 Å². The van der Waals surface area contributed by atoms with E-state index in [1.807, 2.05) is 24.8 Å². The molecule has 2 heterocycles. The highest BCUT2D eigenvalue weighted by atomic mass is 79.9. The molecule has 0 radical (unpaired) electrons. The van der Waals surface area contributed by atoms with Crippen molar-refractivity contribution in [3.8, 4) is 0 Å². The molecule has 4 nitrogen and oxygen atoms in total. The van der Waals surface area contributed by atoms with E-state index in [1.165, 1.54) is 0 Å². The number of thiophene rings is 1. The first-order valence-corrected chi connectivity index (χ1v) is 8.74. The Kier molecular flexibility index (Phi) is 5.67. The lowest BCUT2D eigenvalue weighted by atomic mass is 10.2. The van der Waals surface area contributed by atoms with Crippen molar-refractivity contribution in [1.82, 2.24) is 14.7 Å². The van der Waals surface area contributed by atoms with Crippen LogP contribution in [0.3, 0.4) is 0 Å². The van der Waals surface area contributed by atoms with Gasteiger partial charge in [-0.1, -0.05) is 11.6 Å². The standard InChI is InChI=1S/C12H15Br2ClN4S/c1-18(2)3-4-19-11(8(15)6-17-19)10(16)9-5-7(13)12(14)20-9/h5-6,10H,3-4,16H2,1-2H3. The highest BCUT2D eigenvalue weighted by Crippen LogP contribution is 2.38. The second-order valence-electron chi connectivity index (χ2n) is 4.65. The summed E-state index contributed by atoms with van der Waals surface area (Å²) in [5, 5.41) is 4.93. The minimum atomic E-state index is -0.278. The highest BCUT2D eigenvalue weighted by Gasteiger charge is 2.21. The molecule has 0 fully saturated rings. The zero-order chi connectivity index (χ0) is 14.9. The molecule has 0 spiro atoms. The Bertz CT molecular complexity index is 577. The second-order valence-corrected chi connectivity index (χ2v) is 8.32. The van der Waals surface area contributed by atoms with E-state index >= 15 is 0 Å². The molecule has 0 bridgehead atoms. The smallest absolute Gasteiger partial charge is 0.0843 e. The molecule has 0 aliphatic heterocycles. The first kappa shape index (κ1) is 16.5. The van der Waals surface area contributed by atoms with Crippen molar-refractivity contribution in [1.29, 1.82) is 0 Å². The Labute approximate surface area is 144 Å². The average Bonchev–Trinajstić information content (AvgIpc) is 2.90. The summed E-state index contributed by atoms with van der Waals surface area (Å²) < 4.78 is 3.91. The summed E-state index contributed by atoms with van der Waals surface area (Å²) in [4.78, 5) is 3.14. The van der Waals surface area contributed by atoms with Crippen LogP contribution in [0.4, 0.5) is 0 Å². The summed E-state index contributed by atoms with van der Waals surface area (Å²) in [6.07, 6.45) is 1.66. The van der Waals surface area contributed by atoms with Crippen LogP contribution in [0, 0.1) is 0 Å². The predicted molar refractivity (Wildman–Crippen MR) is 91.5 cm³/mol. The van der Waals surface area contributed by atoms with E-state index < -0.39 is 0 Å². The minimum Gasteiger partial charge on any atom is -0.318 e. The van der Waals surface area contributed by atoms with Gasteiger partial charge in [-0.3, -0.25) is 4.68 Å². The Morgan fingerprint density at radius 2 is 2.20 bits per heavy atom. The summed E-state index contributed by atoms with van der Waals surface area (Å²) >= 11 is 14.8. The van der Waals surface area contributed by atoms with Crippen LogP contribution in [0.25, 0.3) is 0 Å². The van der Waals surface area contributed by atoms with Gasteiger partial charge in [-0.2, -0.15) is 5.10 Å². The van der Waals surface area contributed by atoms with Gasteiger partial charge in [0.05, 0.1) is 33.3 Å².